The molecule has 7 nitrogen and oxygen atoms in total. The zero-order chi connectivity index (χ0) is 20.5. The van der Waals surface area contributed by atoms with E-state index >= 15 is 0 Å². The molecule has 1 aliphatic heterocycles. The Balaban J connectivity index is 1.46. The minimum Gasteiger partial charge on any atom is -0.347 e. The molecule has 0 fully saturated rings. The predicted octanol–water partition coefficient (Wildman–Crippen LogP) is 3.94. The highest BCUT2D eigenvalue weighted by Gasteiger charge is 2.33. The Hall–Kier alpha value is -3.76. The van der Waals surface area contributed by atoms with E-state index < -0.39 is 0 Å². The van der Waals surface area contributed by atoms with E-state index in [2.05, 4.69) is 26.1 Å². The van der Waals surface area contributed by atoms with Gasteiger partial charge in [-0.1, -0.05) is 47.1 Å². The van der Waals surface area contributed by atoms with E-state index in [4.69, 9.17) is 9.51 Å². The summed E-state index contributed by atoms with van der Waals surface area (Å²) in [6.45, 7) is 3.41. The lowest BCUT2D eigenvalue weighted by Crippen LogP contribution is -2.34. The van der Waals surface area contributed by atoms with E-state index in [1.54, 1.807) is 6.33 Å². The molecule has 1 aliphatic rings. The molecule has 0 bridgehead atoms. The molecule has 2 aromatic carbocycles. The first kappa shape index (κ1) is 18.3. The van der Waals surface area contributed by atoms with Crippen LogP contribution >= 0.6 is 0 Å². The van der Waals surface area contributed by atoms with Crippen molar-refractivity contribution in [2.24, 2.45) is 0 Å². The first-order chi connectivity index (χ1) is 14.7. The summed E-state index contributed by atoms with van der Waals surface area (Å²) < 4.78 is 5.70. The van der Waals surface area contributed by atoms with Gasteiger partial charge >= 0.3 is 0 Å². The average molecular weight is 396 g/mol. The third-order valence-electron chi connectivity index (χ3n) is 5.47. The Morgan fingerprint density at radius 3 is 2.93 bits per heavy atom. The van der Waals surface area contributed by atoms with Crippen LogP contribution in [-0.2, 0) is 19.5 Å². The Labute approximate surface area is 174 Å². The number of nitrogens with one attached hydrogen (secondary N) is 1. The van der Waals surface area contributed by atoms with E-state index in [1.165, 1.54) is 5.56 Å². The third kappa shape index (κ3) is 3.49. The van der Waals surface area contributed by atoms with Crippen LogP contribution in [-0.4, -0.2) is 25.0 Å². The van der Waals surface area contributed by atoms with Crippen molar-refractivity contribution in [2.75, 3.05) is 0 Å². The summed E-state index contributed by atoms with van der Waals surface area (Å²) in [6, 6.07) is 17.9. The van der Waals surface area contributed by atoms with Gasteiger partial charge in [0.25, 0.3) is 0 Å². The normalized spacial score (nSPS) is 16.2. The number of imidazole rings is 1. The van der Waals surface area contributed by atoms with Crippen LogP contribution in [0.5, 0.6) is 0 Å². The van der Waals surface area contributed by atoms with Crippen molar-refractivity contribution in [3.05, 3.63) is 88.8 Å². The molecule has 30 heavy (non-hydrogen) atoms. The number of fused-ring (bicyclic) bond motifs is 1. The number of aromatic nitrogens is 4. The van der Waals surface area contributed by atoms with Crippen LogP contribution in [0.1, 0.15) is 40.0 Å². The maximum Gasteiger partial charge on any atom is 0.244 e. The van der Waals surface area contributed by atoms with Gasteiger partial charge < -0.3 is 9.51 Å². The molecule has 0 amide bonds. The fraction of sp³-hybridized carbons (Fsp3) is 0.217. The zero-order valence-electron chi connectivity index (χ0n) is 16.5. The van der Waals surface area contributed by atoms with Crippen LogP contribution in [0, 0.1) is 18.3 Å². The van der Waals surface area contributed by atoms with Crippen molar-refractivity contribution in [1.82, 2.24) is 25.0 Å². The summed E-state index contributed by atoms with van der Waals surface area (Å²) in [4.78, 5) is 14.7. The van der Waals surface area contributed by atoms with Crippen LogP contribution < -0.4 is 0 Å². The SMILES string of the molecule is Cc1ccc(-c2noc(C3Cc4nc[nH]c4CN3Cc3cccc(C#N)c3)n2)cc1. The van der Waals surface area contributed by atoms with Crippen LogP contribution in [0.15, 0.2) is 59.4 Å². The van der Waals surface area contributed by atoms with Gasteiger partial charge in [-0.3, -0.25) is 4.90 Å². The summed E-state index contributed by atoms with van der Waals surface area (Å²) in [5.74, 6) is 1.17. The monoisotopic (exact) mass is 396 g/mol. The van der Waals surface area contributed by atoms with Gasteiger partial charge in [-0.15, -0.1) is 0 Å². The van der Waals surface area contributed by atoms with Crippen LogP contribution in [0.3, 0.4) is 0 Å². The van der Waals surface area contributed by atoms with Crippen molar-refractivity contribution in [3.63, 3.8) is 0 Å². The number of H-pyrrole nitrogens is 1. The van der Waals surface area contributed by atoms with Gasteiger partial charge in [0.15, 0.2) is 0 Å². The molecule has 0 saturated carbocycles. The number of aromatic amines is 1. The second kappa shape index (κ2) is 7.58. The molecule has 1 N–H and O–H groups in total. The Morgan fingerprint density at radius 2 is 2.10 bits per heavy atom. The highest BCUT2D eigenvalue weighted by atomic mass is 16.5. The largest absolute Gasteiger partial charge is 0.347 e. The lowest BCUT2D eigenvalue weighted by Gasteiger charge is -2.32. The lowest BCUT2D eigenvalue weighted by atomic mass is 10.0. The molecule has 0 radical (unpaired) electrons. The molecule has 7 heteroatoms. The number of hydrogen-bond donors (Lipinski definition) is 1. The first-order valence-electron chi connectivity index (χ1n) is 9.84. The van der Waals surface area contributed by atoms with E-state index in [1.807, 2.05) is 55.5 Å². The molecule has 5 rings (SSSR count). The molecule has 148 valence electrons. The van der Waals surface area contributed by atoms with Gasteiger partial charge in [0.2, 0.25) is 11.7 Å². The van der Waals surface area contributed by atoms with Crippen molar-refractivity contribution in [2.45, 2.75) is 32.5 Å². The molecule has 0 saturated heterocycles. The van der Waals surface area contributed by atoms with E-state index in [9.17, 15) is 5.26 Å². The minimum absolute atomic E-state index is 0.0850. The molecule has 0 spiro atoms. The van der Waals surface area contributed by atoms with Crippen LogP contribution in [0.25, 0.3) is 11.4 Å². The smallest absolute Gasteiger partial charge is 0.244 e. The predicted molar refractivity (Wildman–Crippen MR) is 110 cm³/mol. The number of hydrogen-bond acceptors (Lipinski definition) is 6. The first-order valence-corrected chi connectivity index (χ1v) is 9.84. The standard InChI is InChI=1S/C23H20N6O/c1-15-5-7-18(8-6-15)22-27-23(30-28-22)21-10-19-20(26-14-25-19)13-29(21)12-17-4-2-3-16(9-17)11-24/h2-9,14,21H,10,12-13H2,1H3,(H,25,26). The fourth-order valence-corrected chi connectivity index (χ4v) is 3.86. The lowest BCUT2D eigenvalue weighted by molar-refractivity contribution is 0.128. The van der Waals surface area contributed by atoms with Gasteiger partial charge in [0, 0.05) is 25.1 Å². The Kier molecular flexibility index (Phi) is 4.62. The van der Waals surface area contributed by atoms with Crippen molar-refractivity contribution in [3.8, 4) is 17.5 Å². The van der Waals surface area contributed by atoms with Gasteiger partial charge in [-0.05, 0) is 24.6 Å². The summed E-state index contributed by atoms with van der Waals surface area (Å²) >= 11 is 0. The average Bonchev–Trinajstić information content (AvgIpc) is 3.43. The van der Waals surface area contributed by atoms with Gasteiger partial charge in [0.1, 0.15) is 0 Å². The maximum absolute atomic E-state index is 9.22. The highest BCUT2D eigenvalue weighted by Crippen LogP contribution is 2.33. The molecule has 1 atom stereocenters. The molecule has 3 heterocycles. The summed E-state index contributed by atoms with van der Waals surface area (Å²) in [6.07, 6.45) is 2.42. The fourth-order valence-electron chi connectivity index (χ4n) is 3.86. The summed E-state index contributed by atoms with van der Waals surface area (Å²) in [5.41, 5.74) is 5.97. The molecular weight excluding hydrogens is 376 g/mol. The summed E-state index contributed by atoms with van der Waals surface area (Å²) in [5, 5.41) is 13.4. The topological polar surface area (TPSA) is 94.6 Å². The van der Waals surface area contributed by atoms with E-state index in [0.717, 1.165) is 22.5 Å². The number of aryl methyl sites for hydroxylation is 1. The van der Waals surface area contributed by atoms with Gasteiger partial charge in [-0.25, -0.2) is 4.98 Å². The zero-order valence-corrected chi connectivity index (χ0v) is 16.5. The number of nitriles is 1. The highest BCUT2D eigenvalue weighted by molar-refractivity contribution is 5.54. The second-order valence-corrected chi connectivity index (χ2v) is 7.59. The molecule has 2 aromatic heterocycles. The second-order valence-electron chi connectivity index (χ2n) is 7.59. The Morgan fingerprint density at radius 1 is 1.23 bits per heavy atom. The van der Waals surface area contributed by atoms with Crippen molar-refractivity contribution in [1.29, 1.82) is 5.26 Å². The molecule has 1 unspecified atom stereocenters. The third-order valence-corrected chi connectivity index (χ3v) is 5.47. The quantitative estimate of drug-likeness (QED) is 0.561. The van der Waals surface area contributed by atoms with Crippen LogP contribution in [0.2, 0.25) is 0 Å². The number of nitrogens with zero attached hydrogens (tertiary/aromatic N) is 5. The molecule has 4 aromatic rings. The Bertz CT molecular complexity index is 1220. The number of rotatable bonds is 4. The van der Waals surface area contributed by atoms with Crippen LogP contribution in [0.4, 0.5) is 0 Å². The summed E-state index contributed by atoms with van der Waals surface area (Å²) in [7, 11) is 0. The van der Waals surface area contributed by atoms with E-state index in [0.29, 0.717) is 36.8 Å². The van der Waals surface area contributed by atoms with Crippen molar-refractivity contribution >= 4 is 0 Å². The van der Waals surface area contributed by atoms with Gasteiger partial charge in [0.05, 0.1) is 35.4 Å². The number of benzene rings is 2. The van der Waals surface area contributed by atoms with Gasteiger partial charge in [-0.2, -0.15) is 10.2 Å². The maximum atomic E-state index is 9.22. The van der Waals surface area contributed by atoms with E-state index in [-0.39, 0.29) is 6.04 Å². The molecule has 0 aliphatic carbocycles. The molecular formula is C23H20N6O. The van der Waals surface area contributed by atoms with Crippen molar-refractivity contribution < 1.29 is 4.52 Å². The minimum atomic E-state index is -0.0850.